The second-order valence-electron chi connectivity index (χ2n) is 1.87. The number of hydrogen-bond donors (Lipinski definition) is 2. The van der Waals surface area contributed by atoms with Gasteiger partial charge in [0.15, 0.2) is 11.6 Å². The summed E-state index contributed by atoms with van der Waals surface area (Å²) in [6, 6.07) is 1.16. The van der Waals surface area contributed by atoms with Crippen molar-refractivity contribution in [3.05, 3.63) is 23.6 Å². The second kappa shape index (κ2) is 2.62. The van der Waals surface area contributed by atoms with E-state index in [1.807, 2.05) is 0 Å². The van der Waals surface area contributed by atoms with Crippen molar-refractivity contribution in [2.45, 2.75) is 6.61 Å². The number of aliphatic hydroxyl groups excluding tert-OH is 1. The van der Waals surface area contributed by atoms with Gasteiger partial charge in [-0.1, -0.05) is 0 Å². The minimum absolute atomic E-state index is 0.141. The Morgan fingerprint density at radius 1 is 1.70 bits per heavy atom. The average molecular weight is 142 g/mol. The van der Waals surface area contributed by atoms with Crippen molar-refractivity contribution < 1.29 is 9.50 Å². The molecule has 1 aromatic rings. The molecule has 0 fully saturated rings. The van der Waals surface area contributed by atoms with Crippen LogP contribution in [-0.4, -0.2) is 10.1 Å². The summed E-state index contributed by atoms with van der Waals surface area (Å²) in [7, 11) is 0. The highest BCUT2D eigenvalue weighted by Crippen LogP contribution is 2.07. The first kappa shape index (κ1) is 6.95. The lowest BCUT2D eigenvalue weighted by molar-refractivity contribution is 0.280. The van der Waals surface area contributed by atoms with Crippen molar-refractivity contribution in [2.75, 3.05) is 5.73 Å². The zero-order valence-electron chi connectivity index (χ0n) is 5.21. The summed E-state index contributed by atoms with van der Waals surface area (Å²) in [4.78, 5) is 3.49. The van der Waals surface area contributed by atoms with E-state index in [9.17, 15) is 4.39 Å². The topological polar surface area (TPSA) is 59.1 Å². The Bertz CT molecular complexity index is 239. The smallest absolute Gasteiger partial charge is 0.165 e. The van der Waals surface area contributed by atoms with Crippen LogP contribution in [0.3, 0.4) is 0 Å². The predicted octanol–water partition coefficient (Wildman–Crippen LogP) is 0.295. The maximum atomic E-state index is 12.5. The fourth-order valence-corrected chi connectivity index (χ4v) is 0.575. The van der Waals surface area contributed by atoms with E-state index in [0.29, 0.717) is 5.56 Å². The zero-order valence-corrected chi connectivity index (χ0v) is 5.21. The summed E-state index contributed by atoms with van der Waals surface area (Å²) < 4.78 is 12.5. The van der Waals surface area contributed by atoms with Gasteiger partial charge in [0.05, 0.1) is 6.61 Å². The quantitative estimate of drug-likeness (QED) is 0.592. The van der Waals surface area contributed by atoms with Crippen molar-refractivity contribution >= 4 is 5.82 Å². The fraction of sp³-hybridized carbons (Fsp3) is 0.167. The number of nitrogens with two attached hydrogens (primary N) is 1. The molecule has 0 aliphatic heterocycles. The number of aromatic nitrogens is 1. The molecule has 0 aliphatic carbocycles. The molecule has 0 spiro atoms. The molecule has 0 aliphatic rings. The molecule has 4 heteroatoms. The van der Waals surface area contributed by atoms with Crippen molar-refractivity contribution in [3.8, 4) is 0 Å². The number of hydrogen-bond acceptors (Lipinski definition) is 3. The van der Waals surface area contributed by atoms with Crippen LogP contribution >= 0.6 is 0 Å². The number of pyridine rings is 1. The molecule has 0 saturated carbocycles. The normalized spacial score (nSPS) is 9.80. The van der Waals surface area contributed by atoms with Crippen LogP contribution in [0, 0.1) is 5.82 Å². The Morgan fingerprint density at radius 2 is 2.40 bits per heavy atom. The molecule has 0 unspecified atom stereocenters. The summed E-state index contributed by atoms with van der Waals surface area (Å²) in [6.07, 6.45) is 1.33. The molecule has 3 N–H and O–H groups in total. The van der Waals surface area contributed by atoms with Gasteiger partial charge in [-0.3, -0.25) is 0 Å². The number of halogens is 1. The lowest BCUT2D eigenvalue weighted by Crippen LogP contribution is -1.96. The number of nitrogens with zero attached hydrogens (tertiary/aromatic N) is 1. The standard InChI is InChI=1S/C6H7FN2O/c7-5-1-4(3-10)2-9-6(5)8/h1-2,10H,3H2,(H2,8,9). The summed E-state index contributed by atoms with van der Waals surface area (Å²) in [6.45, 7) is -0.218. The van der Waals surface area contributed by atoms with Crippen LogP contribution < -0.4 is 5.73 Å². The Hall–Kier alpha value is -1.16. The predicted molar refractivity (Wildman–Crippen MR) is 34.5 cm³/mol. The molecule has 0 bridgehead atoms. The molecule has 0 atom stereocenters. The van der Waals surface area contributed by atoms with E-state index < -0.39 is 5.82 Å². The van der Waals surface area contributed by atoms with Gasteiger partial charge in [-0.05, 0) is 11.6 Å². The van der Waals surface area contributed by atoms with E-state index in [0.717, 1.165) is 6.07 Å². The Labute approximate surface area is 57.3 Å². The highest BCUT2D eigenvalue weighted by Gasteiger charge is 1.98. The van der Waals surface area contributed by atoms with Crippen molar-refractivity contribution in [3.63, 3.8) is 0 Å². The maximum absolute atomic E-state index is 12.5. The number of nitrogen functional groups attached to an aromatic ring is 1. The fourth-order valence-electron chi connectivity index (χ4n) is 0.575. The first-order valence-corrected chi connectivity index (χ1v) is 2.75. The van der Waals surface area contributed by atoms with E-state index in [2.05, 4.69) is 4.98 Å². The summed E-state index contributed by atoms with van der Waals surface area (Å²) >= 11 is 0. The molecular formula is C6H7FN2O. The van der Waals surface area contributed by atoms with Crippen LogP contribution in [0.1, 0.15) is 5.56 Å². The van der Waals surface area contributed by atoms with Gasteiger partial charge in [-0.2, -0.15) is 0 Å². The zero-order chi connectivity index (χ0) is 7.56. The minimum atomic E-state index is -0.591. The Balaban J connectivity index is 3.04. The van der Waals surface area contributed by atoms with E-state index in [-0.39, 0.29) is 12.4 Å². The lowest BCUT2D eigenvalue weighted by atomic mass is 10.3. The van der Waals surface area contributed by atoms with Crippen molar-refractivity contribution in [1.29, 1.82) is 0 Å². The SMILES string of the molecule is Nc1ncc(CO)cc1F. The van der Waals surface area contributed by atoms with Crippen molar-refractivity contribution in [2.24, 2.45) is 0 Å². The third kappa shape index (κ3) is 1.22. The van der Waals surface area contributed by atoms with Gasteiger partial charge in [-0.25, -0.2) is 9.37 Å². The molecule has 0 saturated heterocycles. The molecule has 3 nitrogen and oxygen atoms in total. The van der Waals surface area contributed by atoms with Gasteiger partial charge in [0.2, 0.25) is 0 Å². The molecule has 54 valence electrons. The first-order chi connectivity index (χ1) is 4.74. The molecule has 10 heavy (non-hydrogen) atoms. The van der Waals surface area contributed by atoms with Crippen LogP contribution in [0.15, 0.2) is 12.3 Å². The number of aliphatic hydroxyl groups is 1. The van der Waals surface area contributed by atoms with E-state index in [1.54, 1.807) is 0 Å². The van der Waals surface area contributed by atoms with Crippen LogP contribution in [0.5, 0.6) is 0 Å². The molecule has 1 rings (SSSR count). The van der Waals surface area contributed by atoms with Crippen LogP contribution in [0.2, 0.25) is 0 Å². The number of rotatable bonds is 1. The minimum Gasteiger partial charge on any atom is -0.392 e. The number of anilines is 1. The molecule has 0 radical (unpaired) electrons. The summed E-state index contributed by atoms with van der Waals surface area (Å²) in [5.74, 6) is -0.733. The highest BCUT2D eigenvalue weighted by atomic mass is 19.1. The molecule has 1 aromatic heterocycles. The maximum Gasteiger partial charge on any atom is 0.165 e. The van der Waals surface area contributed by atoms with Crippen LogP contribution in [0.4, 0.5) is 10.2 Å². The van der Waals surface area contributed by atoms with Gasteiger partial charge in [-0.15, -0.1) is 0 Å². The van der Waals surface area contributed by atoms with Crippen LogP contribution in [0.25, 0.3) is 0 Å². The highest BCUT2D eigenvalue weighted by molar-refractivity contribution is 5.31. The summed E-state index contributed by atoms with van der Waals surface area (Å²) in [5, 5.41) is 8.51. The Morgan fingerprint density at radius 3 is 2.90 bits per heavy atom. The third-order valence-corrected chi connectivity index (χ3v) is 1.11. The van der Waals surface area contributed by atoms with E-state index >= 15 is 0 Å². The van der Waals surface area contributed by atoms with Gasteiger partial charge in [0.25, 0.3) is 0 Å². The molecule has 1 heterocycles. The third-order valence-electron chi connectivity index (χ3n) is 1.11. The summed E-state index contributed by atoms with van der Waals surface area (Å²) in [5.41, 5.74) is 5.50. The molecule has 0 aromatic carbocycles. The van der Waals surface area contributed by atoms with Gasteiger partial charge in [0.1, 0.15) is 0 Å². The lowest BCUT2D eigenvalue weighted by Gasteiger charge is -1.96. The van der Waals surface area contributed by atoms with E-state index in [4.69, 9.17) is 10.8 Å². The van der Waals surface area contributed by atoms with E-state index in [1.165, 1.54) is 6.20 Å². The van der Waals surface area contributed by atoms with Crippen molar-refractivity contribution in [1.82, 2.24) is 4.98 Å². The van der Waals surface area contributed by atoms with Gasteiger partial charge < -0.3 is 10.8 Å². The largest absolute Gasteiger partial charge is 0.392 e. The Kier molecular flexibility index (Phi) is 1.82. The monoisotopic (exact) mass is 142 g/mol. The molecule has 0 amide bonds. The van der Waals surface area contributed by atoms with Crippen LogP contribution in [-0.2, 0) is 6.61 Å². The van der Waals surface area contributed by atoms with Gasteiger partial charge >= 0.3 is 0 Å². The van der Waals surface area contributed by atoms with Gasteiger partial charge in [0, 0.05) is 6.20 Å². The average Bonchev–Trinajstić information content (AvgIpc) is 1.95. The molecular weight excluding hydrogens is 135 g/mol. The second-order valence-corrected chi connectivity index (χ2v) is 1.87. The first-order valence-electron chi connectivity index (χ1n) is 2.75.